The van der Waals surface area contributed by atoms with Crippen LogP contribution in [0.2, 0.25) is 0 Å². The molecule has 0 bridgehead atoms. The van der Waals surface area contributed by atoms with Crippen LogP contribution in [0.1, 0.15) is 0 Å². The molecule has 0 aliphatic heterocycles. The Labute approximate surface area is 55.9 Å². The number of tetrazole rings is 1. The van der Waals surface area contributed by atoms with Crippen LogP contribution in [0.15, 0.2) is 18.6 Å². The summed E-state index contributed by atoms with van der Waals surface area (Å²) in [6, 6.07) is 1.77. The number of H-pyrrole nitrogens is 1. The fourth-order valence-electron chi connectivity index (χ4n) is 0.646. The number of nitrogens with zero attached hydrogens (tertiary/aromatic N) is 5. The van der Waals surface area contributed by atoms with Crippen molar-refractivity contribution in [3.8, 4) is 5.82 Å². The molecule has 0 atom stereocenters. The van der Waals surface area contributed by atoms with Crippen LogP contribution in [0.3, 0.4) is 0 Å². The van der Waals surface area contributed by atoms with Crippen molar-refractivity contribution in [3.05, 3.63) is 18.6 Å². The van der Waals surface area contributed by atoms with Crippen LogP contribution in [0.5, 0.6) is 0 Å². The van der Waals surface area contributed by atoms with Crippen LogP contribution in [-0.4, -0.2) is 30.4 Å². The van der Waals surface area contributed by atoms with E-state index in [0.29, 0.717) is 5.82 Å². The van der Waals surface area contributed by atoms with Gasteiger partial charge in [-0.15, -0.1) is 5.10 Å². The average molecular weight is 136 g/mol. The van der Waals surface area contributed by atoms with E-state index in [1.54, 1.807) is 12.3 Å². The predicted octanol–water partition coefficient (Wildman–Crippen LogP) is -0.615. The summed E-state index contributed by atoms with van der Waals surface area (Å²) < 4.78 is 1.47. The molecule has 0 aromatic carbocycles. The van der Waals surface area contributed by atoms with E-state index in [1.165, 1.54) is 11.0 Å². The SMILES string of the molecule is c1cc(-n2cnnn2)n[nH]1. The second kappa shape index (κ2) is 1.90. The Hall–Kier alpha value is -1.72. The minimum atomic E-state index is 0.685. The number of aromatic nitrogens is 6. The molecule has 0 amide bonds. The Kier molecular flexibility index (Phi) is 0.970. The Morgan fingerprint density at radius 1 is 1.50 bits per heavy atom. The molecule has 0 saturated heterocycles. The number of rotatable bonds is 1. The first-order valence-corrected chi connectivity index (χ1v) is 2.70. The maximum absolute atomic E-state index is 3.85. The smallest absolute Gasteiger partial charge is 0.178 e. The van der Waals surface area contributed by atoms with Crippen LogP contribution in [0, 0.1) is 0 Å². The monoisotopic (exact) mass is 136 g/mol. The lowest BCUT2D eigenvalue weighted by molar-refractivity contribution is 0.766. The predicted molar refractivity (Wildman–Crippen MR) is 31.3 cm³/mol. The molecule has 1 N–H and O–H groups in total. The van der Waals surface area contributed by atoms with Gasteiger partial charge in [-0.2, -0.15) is 9.78 Å². The van der Waals surface area contributed by atoms with E-state index in [4.69, 9.17) is 0 Å². The highest BCUT2D eigenvalue weighted by Crippen LogP contribution is 1.94. The highest BCUT2D eigenvalue weighted by Gasteiger charge is 1.96. The van der Waals surface area contributed by atoms with Gasteiger partial charge in [0, 0.05) is 12.3 Å². The molecular weight excluding hydrogens is 132 g/mol. The van der Waals surface area contributed by atoms with Crippen molar-refractivity contribution in [1.82, 2.24) is 30.4 Å². The van der Waals surface area contributed by atoms with E-state index in [0.717, 1.165) is 0 Å². The van der Waals surface area contributed by atoms with Gasteiger partial charge in [0.1, 0.15) is 6.33 Å². The van der Waals surface area contributed by atoms with Gasteiger partial charge < -0.3 is 0 Å². The highest BCUT2D eigenvalue weighted by molar-refractivity contribution is 5.14. The van der Waals surface area contributed by atoms with Crippen molar-refractivity contribution in [3.63, 3.8) is 0 Å². The van der Waals surface area contributed by atoms with Gasteiger partial charge in [-0.25, -0.2) is 0 Å². The van der Waals surface area contributed by atoms with Crippen LogP contribution in [-0.2, 0) is 0 Å². The molecule has 0 radical (unpaired) electrons. The van der Waals surface area contributed by atoms with Crippen molar-refractivity contribution in [1.29, 1.82) is 0 Å². The number of aromatic amines is 1. The maximum atomic E-state index is 3.85. The number of hydrogen-bond donors (Lipinski definition) is 1. The van der Waals surface area contributed by atoms with Gasteiger partial charge in [0.15, 0.2) is 5.82 Å². The molecule has 2 aromatic heterocycles. The Morgan fingerprint density at radius 3 is 3.10 bits per heavy atom. The Morgan fingerprint density at radius 2 is 2.50 bits per heavy atom. The number of hydrogen-bond acceptors (Lipinski definition) is 4. The lowest BCUT2D eigenvalue weighted by Gasteiger charge is -1.86. The molecule has 6 heteroatoms. The van der Waals surface area contributed by atoms with Crippen LogP contribution in [0.25, 0.3) is 5.82 Å². The van der Waals surface area contributed by atoms with E-state index in [1.807, 2.05) is 0 Å². The normalized spacial score (nSPS) is 10.0. The van der Waals surface area contributed by atoms with Gasteiger partial charge in [-0.05, 0) is 10.4 Å². The van der Waals surface area contributed by atoms with E-state index in [9.17, 15) is 0 Å². The first-order valence-electron chi connectivity index (χ1n) is 2.70. The molecule has 0 saturated carbocycles. The van der Waals surface area contributed by atoms with Gasteiger partial charge in [0.2, 0.25) is 0 Å². The summed E-state index contributed by atoms with van der Waals surface area (Å²) in [5.41, 5.74) is 0. The second-order valence-corrected chi connectivity index (χ2v) is 1.69. The van der Waals surface area contributed by atoms with Crippen LogP contribution in [0.4, 0.5) is 0 Å². The standard InChI is InChI=1S/C4H4N6/c1-2-5-7-4(1)10-3-6-8-9-10/h1-3H,(H,5,7). The van der Waals surface area contributed by atoms with Gasteiger partial charge in [-0.1, -0.05) is 0 Å². The largest absolute Gasteiger partial charge is 0.284 e. The Bertz CT molecular complexity index is 249. The molecule has 2 aromatic rings. The summed E-state index contributed by atoms with van der Waals surface area (Å²) in [6.07, 6.45) is 3.19. The second-order valence-electron chi connectivity index (χ2n) is 1.69. The van der Waals surface area contributed by atoms with Crippen LogP contribution >= 0.6 is 0 Å². The van der Waals surface area contributed by atoms with Crippen molar-refractivity contribution in [2.24, 2.45) is 0 Å². The summed E-state index contributed by atoms with van der Waals surface area (Å²) in [5, 5.41) is 17.1. The first-order chi connectivity index (χ1) is 4.97. The fraction of sp³-hybridized carbons (Fsp3) is 0. The lowest BCUT2D eigenvalue weighted by atomic mass is 10.6. The molecule has 10 heavy (non-hydrogen) atoms. The van der Waals surface area contributed by atoms with Gasteiger partial charge >= 0.3 is 0 Å². The van der Waals surface area contributed by atoms with Crippen LogP contribution < -0.4 is 0 Å². The fourth-order valence-corrected chi connectivity index (χ4v) is 0.646. The van der Waals surface area contributed by atoms with Gasteiger partial charge in [0.05, 0.1) is 0 Å². The molecule has 0 fully saturated rings. The summed E-state index contributed by atoms with van der Waals surface area (Å²) >= 11 is 0. The summed E-state index contributed by atoms with van der Waals surface area (Å²) in [5.74, 6) is 0.685. The Balaban J connectivity index is 2.48. The zero-order chi connectivity index (χ0) is 6.81. The average Bonchev–Trinajstić information content (AvgIpc) is 2.59. The van der Waals surface area contributed by atoms with Gasteiger partial charge in [-0.3, -0.25) is 5.10 Å². The topological polar surface area (TPSA) is 72.3 Å². The third kappa shape index (κ3) is 0.661. The number of nitrogens with one attached hydrogen (secondary N) is 1. The van der Waals surface area contributed by atoms with E-state index < -0.39 is 0 Å². The molecule has 2 rings (SSSR count). The molecule has 0 aliphatic rings. The van der Waals surface area contributed by atoms with E-state index in [2.05, 4.69) is 25.7 Å². The molecule has 0 unspecified atom stereocenters. The van der Waals surface area contributed by atoms with E-state index in [-0.39, 0.29) is 0 Å². The molecule has 6 nitrogen and oxygen atoms in total. The highest BCUT2D eigenvalue weighted by atomic mass is 15.5. The van der Waals surface area contributed by atoms with Crippen molar-refractivity contribution < 1.29 is 0 Å². The zero-order valence-corrected chi connectivity index (χ0v) is 4.97. The quantitative estimate of drug-likeness (QED) is 0.567. The summed E-state index contributed by atoms with van der Waals surface area (Å²) in [4.78, 5) is 0. The third-order valence-electron chi connectivity index (χ3n) is 1.07. The molecule has 0 aliphatic carbocycles. The van der Waals surface area contributed by atoms with E-state index >= 15 is 0 Å². The first kappa shape index (κ1) is 5.10. The molecule has 50 valence electrons. The minimum absolute atomic E-state index is 0.685. The third-order valence-corrected chi connectivity index (χ3v) is 1.07. The van der Waals surface area contributed by atoms with Crippen molar-refractivity contribution in [2.75, 3.05) is 0 Å². The zero-order valence-electron chi connectivity index (χ0n) is 4.97. The lowest BCUT2D eigenvalue weighted by Crippen LogP contribution is -1.94. The summed E-state index contributed by atoms with van der Waals surface area (Å²) in [7, 11) is 0. The summed E-state index contributed by atoms with van der Waals surface area (Å²) in [6.45, 7) is 0. The molecule has 0 spiro atoms. The van der Waals surface area contributed by atoms with Crippen molar-refractivity contribution >= 4 is 0 Å². The van der Waals surface area contributed by atoms with Crippen molar-refractivity contribution in [2.45, 2.75) is 0 Å². The minimum Gasteiger partial charge on any atom is -0.284 e. The molecule has 2 heterocycles. The van der Waals surface area contributed by atoms with Gasteiger partial charge in [0.25, 0.3) is 0 Å². The maximum Gasteiger partial charge on any atom is 0.178 e. The molecular formula is C4H4N6.